The van der Waals surface area contributed by atoms with Crippen molar-refractivity contribution in [3.05, 3.63) is 72.2 Å². The molecular formula is C19H13F5N4. The fourth-order valence-corrected chi connectivity index (χ4v) is 3.10. The van der Waals surface area contributed by atoms with Crippen molar-refractivity contribution in [1.82, 2.24) is 9.55 Å². The maximum absolute atomic E-state index is 13.6. The molecule has 0 radical (unpaired) electrons. The number of hydrogen-bond acceptors (Lipinski definition) is 3. The molecule has 2 aromatic carbocycles. The number of nitrogens with zero attached hydrogens (tertiary/aromatic N) is 4. The Morgan fingerprint density at radius 2 is 1.68 bits per heavy atom. The molecule has 4 nitrogen and oxygen atoms in total. The Kier molecular flexibility index (Phi) is 4.37. The first-order chi connectivity index (χ1) is 13.4. The van der Waals surface area contributed by atoms with Gasteiger partial charge in [0.05, 0.1) is 16.6 Å². The lowest BCUT2D eigenvalue weighted by molar-refractivity contribution is -0.137. The van der Waals surface area contributed by atoms with Crippen LogP contribution in [-0.4, -0.2) is 15.8 Å². The predicted molar refractivity (Wildman–Crippen MR) is 95.3 cm³/mol. The first-order valence-corrected chi connectivity index (χ1v) is 8.27. The van der Waals surface area contributed by atoms with Crippen molar-refractivity contribution in [3.63, 3.8) is 0 Å². The Bertz CT molecular complexity index is 1050. The highest BCUT2D eigenvalue weighted by atomic mass is 19.4. The van der Waals surface area contributed by atoms with Gasteiger partial charge in [0.2, 0.25) is 6.29 Å². The van der Waals surface area contributed by atoms with E-state index >= 15 is 0 Å². The Morgan fingerprint density at radius 3 is 2.36 bits per heavy atom. The standard InChI is InChI=1S/C19H13F5N4/c20-16(21)17-26-14-4-1-2-5-15(14)28(17)18-25-10-3-11-27(18)13-8-6-12(7-9-13)19(22,23)24/h1-11,16,18H. The highest BCUT2D eigenvalue weighted by molar-refractivity contribution is 5.78. The number of para-hydroxylation sites is 2. The van der Waals surface area contributed by atoms with Crippen molar-refractivity contribution >= 4 is 22.9 Å². The summed E-state index contributed by atoms with van der Waals surface area (Å²) in [4.78, 5) is 9.79. The fraction of sp³-hybridized carbons (Fsp3) is 0.158. The Morgan fingerprint density at radius 1 is 0.964 bits per heavy atom. The normalized spacial score (nSPS) is 17.1. The summed E-state index contributed by atoms with van der Waals surface area (Å²) in [5.74, 6) is -0.462. The molecule has 0 amide bonds. The van der Waals surface area contributed by atoms with Crippen LogP contribution in [0.5, 0.6) is 0 Å². The lowest BCUT2D eigenvalue weighted by Crippen LogP contribution is -2.30. The summed E-state index contributed by atoms with van der Waals surface area (Å²) in [6, 6.07) is 11.1. The van der Waals surface area contributed by atoms with Gasteiger partial charge in [-0.2, -0.15) is 13.2 Å². The number of anilines is 1. The number of rotatable bonds is 3. The molecular weight excluding hydrogens is 379 g/mol. The molecule has 0 aliphatic carbocycles. The third-order valence-corrected chi connectivity index (χ3v) is 4.34. The van der Waals surface area contributed by atoms with Gasteiger partial charge in [-0.3, -0.25) is 4.57 Å². The van der Waals surface area contributed by atoms with Gasteiger partial charge in [-0.05, 0) is 42.5 Å². The van der Waals surface area contributed by atoms with Crippen molar-refractivity contribution in [2.45, 2.75) is 18.9 Å². The van der Waals surface area contributed by atoms with E-state index in [0.717, 1.165) is 12.1 Å². The minimum absolute atomic E-state index is 0.379. The van der Waals surface area contributed by atoms with E-state index in [1.165, 1.54) is 27.8 Å². The molecule has 1 aliphatic heterocycles. The van der Waals surface area contributed by atoms with Crippen LogP contribution in [0.3, 0.4) is 0 Å². The quantitative estimate of drug-likeness (QED) is 0.548. The molecule has 144 valence electrons. The molecule has 0 N–H and O–H groups in total. The van der Waals surface area contributed by atoms with Crippen LogP contribution in [-0.2, 0) is 6.18 Å². The van der Waals surface area contributed by atoms with Crippen molar-refractivity contribution < 1.29 is 22.0 Å². The average Bonchev–Trinajstić information content (AvgIpc) is 3.07. The number of halogens is 5. The number of alkyl halides is 5. The predicted octanol–water partition coefficient (Wildman–Crippen LogP) is 5.55. The van der Waals surface area contributed by atoms with Crippen molar-refractivity contribution in [3.8, 4) is 0 Å². The molecule has 0 saturated carbocycles. The third-order valence-electron chi connectivity index (χ3n) is 4.34. The number of fused-ring (bicyclic) bond motifs is 1. The van der Waals surface area contributed by atoms with Gasteiger partial charge in [0.1, 0.15) is 0 Å². The molecule has 0 bridgehead atoms. The van der Waals surface area contributed by atoms with Crippen LogP contribution < -0.4 is 4.90 Å². The van der Waals surface area contributed by atoms with Crippen LogP contribution in [0.2, 0.25) is 0 Å². The SMILES string of the molecule is FC(F)c1nc2ccccc2n1C1N=CC=CN1c1ccc(C(F)(F)F)cc1. The zero-order valence-electron chi connectivity index (χ0n) is 14.2. The van der Waals surface area contributed by atoms with E-state index < -0.39 is 30.3 Å². The van der Waals surface area contributed by atoms with Crippen LogP contribution >= 0.6 is 0 Å². The topological polar surface area (TPSA) is 33.4 Å². The minimum atomic E-state index is -4.46. The van der Waals surface area contributed by atoms with E-state index in [4.69, 9.17) is 0 Å². The number of allylic oxidation sites excluding steroid dienone is 1. The molecule has 3 aromatic rings. The van der Waals surface area contributed by atoms with Gasteiger partial charge < -0.3 is 4.90 Å². The summed E-state index contributed by atoms with van der Waals surface area (Å²) in [7, 11) is 0. The second-order valence-electron chi connectivity index (χ2n) is 6.07. The van der Waals surface area contributed by atoms with Crippen LogP contribution in [0.15, 0.2) is 65.8 Å². The molecule has 9 heteroatoms. The van der Waals surface area contributed by atoms with Crippen molar-refractivity contribution in [2.75, 3.05) is 4.90 Å². The summed E-state index contributed by atoms with van der Waals surface area (Å²) < 4.78 is 67.1. The summed E-state index contributed by atoms with van der Waals surface area (Å²) in [5.41, 5.74) is 0.421. The minimum Gasteiger partial charge on any atom is -0.308 e. The third kappa shape index (κ3) is 3.12. The smallest absolute Gasteiger partial charge is 0.308 e. The van der Waals surface area contributed by atoms with Crippen molar-refractivity contribution in [2.24, 2.45) is 4.99 Å². The summed E-state index contributed by atoms with van der Waals surface area (Å²) in [6.07, 6.45) is -3.65. The summed E-state index contributed by atoms with van der Waals surface area (Å²) in [6.45, 7) is 0. The van der Waals surface area contributed by atoms with E-state index in [0.29, 0.717) is 16.7 Å². The highest BCUT2D eigenvalue weighted by Crippen LogP contribution is 2.35. The van der Waals surface area contributed by atoms with Crippen LogP contribution in [0.1, 0.15) is 24.1 Å². The molecule has 0 saturated heterocycles. The molecule has 0 fully saturated rings. The zero-order valence-corrected chi connectivity index (χ0v) is 14.2. The van der Waals surface area contributed by atoms with E-state index in [1.54, 1.807) is 36.5 Å². The lowest BCUT2D eigenvalue weighted by Gasteiger charge is -2.31. The molecule has 0 spiro atoms. The van der Waals surface area contributed by atoms with Crippen molar-refractivity contribution in [1.29, 1.82) is 0 Å². The van der Waals surface area contributed by atoms with E-state index in [2.05, 4.69) is 9.98 Å². The molecule has 28 heavy (non-hydrogen) atoms. The second kappa shape index (κ2) is 6.74. The molecule has 4 rings (SSSR count). The van der Waals surface area contributed by atoms with Gasteiger partial charge in [-0.25, -0.2) is 18.8 Å². The first-order valence-electron chi connectivity index (χ1n) is 8.27. The second-order valence-corrected chi connectivity index (χ2v) is 6.07. The first kappa shape index (κ1) is 18.1. The molecule has 1 aromatic heterocycles. The zero-order chi connectivity index (χ0) is 19.9. The Hall–Kier alpha value is -3.23. The molecule has 2 heterocycles. The van der Waals surface area contributed by atoms with E-state index in [9.17, 15) is 22.0 Å². The highest BCUT2D eigenvalue weighted by Gasteiger charge is 2.31. The fourth-order valence-electron chi connectivity index (χ4n) is 3.10. The van der Waals surface area contributed by atoms with E-state index in [-0.39, 0.29) is 0 Å². The molecule has 1 unspecified atom stereocenters. The van der Waals surface area contributed by atoms with Gasteiger partial charge in [-0.1, -0.05) is 12.1 Å². The number of benzene rings is 2. The maximum Gasteiger partial charge on any atom is 0.416 e. The number of imidazole rings is 1. The largest absolute Gasteiger partial charge is 0.416 e. The van der Waals surface area contributed by atoms with Crippen LogP contribution in [0.25, 0.3) is 11.0 Å². The van der Waals surface area contributed by atoms with Crippen LogP contribution in [0, 0.1) is 0 Å². The summed E-state index contributed by atoms with van der Waals surface area (Å²) >= 11 is 0. The molecule has 1 atom stereocenters. The molecule has 1 aliphatic rings. The van der Waals surface area contributed by atoms with Gasteiger partial charge in [0, 0.05) is 18.1 Å². The van der Waals surface area contributed by atoms with Crippen LogP contribution in [0.4, 0.5) is 27.6 Å². The number of hydrogen-bond donors (Lipinski definition) is 0. The van der Waals surface area contributed by atoms with E-state index in [1.807, 2.05) is 0 Å². The Balaban J connectivity index is 1.81. The van der Waals surface area contributed by atoms with Gasteiger partial charge in [0.25, 0.3) is 6.43 Å². The van der Waals surface area contributed by atoms with Gasteiger partial charge in [-0.15, -0.1) is 0 Å². The maximum atomic E-state index is 13.6. The summed E-state index contributed by atoms with van der Waals surface area (Å²) in [5, 5.41) is 0. The Labute approximate surface area is 156 Å². The average molecular weight is 392 g/mol. The number of aliphatic imine (C=N–C) groups is 1. The number of aromatic nitrogens is 2. The van der Waals surface area contributed by atoms with Gasteiger partial charge >= 0.3 is 6.18 Å². The lowest BCUT2D eigenvalue weighted by atomic mass is 10.2. The monoisotopic (exact) mass is 392 g/mol. The van der Waals surface area contributed by atoms with Gasteiger partial charge in [0.15, 0.2) is 5.82 Å².